The van der Waals surface area contributed by atoms with E-state index < -0.39 is 4.92 Å². The highest BCUT2D eigenvalue weighted by molar-refractivity contribution is 9.10. The highest BCUT2D eigenvalue weighted by atomic mass is 79.9. The summed E-state index contributed by atoms with van der Waals surface area (Å²) in [5, 5.41) is 14.0. The molecule has 1 aromatic carbocycles. The molecule has 17 heavy (non-hydrogen) atoms. The molecule has 0 heterocycles. The van der Waals surface area contributed by atoms with Crippen LogP contribution in [0.25, 0.3) is 6.08 Å². The van der Waals surface area contributed by atoms with Gasteiger partial charge in [-0.25, -0.2) is 0 Å². The SMILES string of the molecule is CC(C)NCC=Cc1ccc(Br)c([N+](=O)[O-])c1. The second-order valence-electron chi connectivity index (χ2n) is 3.93. The topological polar surface area (TPSA) is 55.2 Å². The monoisotopic (exact) mass is 298 g/mol. The fourth-order valence-corrected chi connectivity index (χ4v) is 1.66. The van der Waals surface area contributed by atoms with Gasteiger partial charge in [-0.15, -0.1) is 0 Å². The van der Waals surface area contributed by atoms with Crippen LogP contribution in [0.15, 0.2) is 28.7 Å². The van der Waals surface area contributed by atoms with Crippen molar-refractivity contribution in [2.45, 2.75) is 19.9 Å². The molecule has 0 aromatic heterocycles. The van der Waals surface area contributed by atoms with Crippen LogP contribution >= 0.6 is 15.9 Å². The summed E-state index contributed by atoms with van der Waals surface area (Å²) in [5.41, 5.74) is 0.912. The number of benzene rings is 1. The zero-order valence-electron chi connectivity index (χ0n) is 9.81. The molecule has 0 bridgehead atoms. The first-order valence-corrected chi connectivity index (χ1v) is 6.14. The van der Waals surface area contributed by atoms with E-state index in [9.17, 15) is 10.1 Å². The number of nitro benzene ring substituents is 1. The molecule has 5 heteroatoms. The lowest BCUT2D eigenvalue weighted by Gasteiger charge is -2.03. The summed E-state index contributed by atoms with van der Waals surface area (Å²) < 4.78 is 0.500. The van der Waals surface area contributed by atoms with E-state index >= 15 is 0 Å². The Kier molecular flexibility index (Phi) is 5.31. The second kappa shape index (κ2) is 6.51. The summed E-state index contributed by atoms with van der Waals surface area (Å²) in [6, 6.07) is 5.51. The molecule has 1 rings (SSSR count). The van der Waals surface area contributed by atoms with Crippen LogP contribution in [-0.4, -0.2) is 17.5 Å². The van der Waals surface area contributed by atoms with Gasteiger partial charge in [-0.2, -0.15) is 0 Å². The molecule has 0 unspecified atom stereocenters. The smallest absolute Gasteiger partial charge is 0.284 e. The fraction of sp³-hybridized carbons (Fsp3) is 0.333. The molecule has 0 saturated heterocycles. The minimum absolute atomic E-state index is 0.0870. The molecule has 0 aliphatic carbocycles. The highest BCUT2D eigenvalue weighted by Gasteiger charge is 2.10. The van der Waals surface area contributed by atoms with Crippen molar-refractivity contribution in [2.75, 3.05) is 6.54 Å². The van der Waals surface area contributed by atoms with Crippen LogP contribution in [0.1, 0.15) is 19.4 Å². The number of hydrogen-bond donors (Lipinski definition) is 1. The van der Waals surface area contributed by atoms with Crippen LogP contribution in [0.3, 0.4) is 0 Å². The van der Waals surface area contributed by atoms with Gasteiger partial charge >= 0.3 is 0 Å². The number of rotatable bonds is 5. The van der Waals surface area contributed by atoms with Gasteiger partial charge in [0.1, 0.15) is 0 Å². The van der Waals surface area contributed by atoms with Gasteiger partial charge in [0.05, 0.1) is 9.40 Å². The van der Waals surface area contributed by atoms with E-state index in [2.05, 4.69) is 35.1 Å². The Morgan fingerprint density at radius 3 is 2.82 bits per heavy atom. The van der Waals surface area contributed by atoms with Crippen LogP contribution in [0.2, 0.25) is 0 Å². The van der Waals surface area contributed by atoms with Crippen molar-refractivity contribution >= 4 is 27.7 Å². The minimum atomic E-state index is -0.395. The third-order valence-corrected chi connectivity index (χ3v) is 2.79. The third-order valence-electron chi connectivity index (χ3n) is 2.12. The van der Waals surface area contributed by atoms with E-state index in [4.69, 9.17) is 0 Å². The predicted octanol–water partition coefficient (Wildman–Crippen LogP) is 3.37. The molecule has 0 saturated carbocycles. The molecule has 0 spiro atoms. The molecule has 4 nitrogen and oxygen atoms in total. The summed E-state index contributed by atoms with van der Waals surface area (Å²) in [4.78, 5) is 10.3. The van der Waals surface area contributed by atoms with Crippen molar-refractivity contribution in [1.29, 1.82) is 0 Å². The second-order valence-corrected chi connectivity index (χ2v) is 4.79. The van der Waals surface area contributed by atoms with Gasteiger partial charge in [-0.3, -0.25) is 10.1 Å². The third kappa shape index (κ3) is 4.66. The Morgan fingerprint density at radius 2 is 2.24 bits per heavy atom. The fourth-order valence-electron chi connectivity index (χ4n) is 1.27. The van der Waals surface area contributed by atoms with Crippen LogP contribution in [0.4, 0.5) is 5.69 Å². The van der Waals surface area contributed by atoms with E-state index in [0.717, 1.165) is 12.1 Å². The lowest BCUT2D eigenvalue weighted by molar-refractivity contribution is -0.385. The zero-order valence-corrected chi connectivity index (χ0v) is 11.4. The number of nitrogens with one attached hydrogen (secondary N) is 1. The minimum Gasteiger partial charge on any atom is -0.311 e. The highest BCUT2D eigenvalue weighted by Crippen LogP contribution is 2.25. The molecule has 1 aromatic rings. The molecule has 0 aliphatic rings. The maximum absolute atomic E-state index is 10.7. The Hall–Kier alpha value is -1.20. The molecule has 1 N–H and O–H groups in total. The zero-order chi connectivity index (χ0) is 12.8. The van der Waals surface area contributed by atoms with Crippen molar-refractivity contribution in [2.24, 2.45) is 0 Å². The number of hydrogen-bond acceptors (Lipinski definition) is 3. The lowest BCUT2D eigenvalue weighted by Crippen LogP contribution is -2.22. The van der Waals surface area contributed by atoms with Gasteiger partial charge in [-0.05, 0) is 27.6 Å². The normalized spacial score (nSPS) is 11.3. The van der Waals surface area contributed by atoms with Crippen LogP contribution < -0.4 is 5.32 Å². The summed E-state index contributed by atoms with van der Waals surface area (Å²) in [6.07, 6.45) is 3.82. The van der Waals surface area contributed by atoms with Crippen molar-refractivity contribution in [3.05, 3.63) is 44.4 Å². The first-order valence-electron chi connectivity index (χ1n) is 5.34. The Morgan fingerprint density at radius 1 is 1.53 bits per heavy atom. The van der Waals surface area contributed by atoms with E-state index in [-0.39, 0.29) is 5.69 Å². The van der Waals surface area contributed by atoms with Gasteiger partial charge in [0.25, 0.3) is 5.69 Å². The number of nitrogens with zero attached hydrogens (tertiary/aromatic N) is 1. The quantitative estimate of drug-likeness (QED) is 0.670. The molecule has 0 radical (unpaired) electrons. The average molecular weight is 299 g/mol. The Balaban J connectivity index is 2.72. The van der Waals surface area contributed by atoms with Crippen LogP contribution in [0.5, 0.6) is 0 Å². The number of nitro groups is 1. The first kappa shape index (κ1) is 13.9. The number of halogens is 1. The summed E-state index contributed by atoms with van der Waals surface area (Å²) >= 11 is 3.15. The maximum Gasteiger partial charge on any atom is 0.284 e. The Bertz CT molecular complexity index is 431. The van der Waals surface area contributed by atoms with Crippen LogP contribution in [0, 0.1) is 10.1 Å². The van der Waals surface area contributed by atoms with Gasteiger partial charge in [0.15, 0.2) is 0 Å². The first-order chi connectivity index (χ1) is 8.00. The Labute approximate surface area is 109 Å². The van der Waals surface area contributed by atoms with E-state index in [1.54, 1.807) is 12.1 Å². The van der Waals surface area contributed by atoms with Crippen LogP contribution in [-0.2, 0) is 0 Å². The molecule has 0 fully saturated rings. The lowest BCUT2D eigenvalue weighted by atomic mass is 10.2. The molecular formula is C12H15BrN2O2. The molecule has 0 amide bonds. The summed E-state index contributed by atoms with van der Waals surface area (Å²) in [7, 11) is 0. The largest absolute Gasteiger partial charge is 0.311 e. The molecule has 92 valence electrons. The molecule has 0 atom stereocenters. The van der Waals surface area contributed by atoms with E-state index in [1.807, 2.05) is 18.2 Å². The standard InChI is InChI=1S/C12H15BrN2O2/c1-9(2)14-7-3-4-10-5-6-11(13)12(8-10)15(16)17/h3-6,8-9,14H,7H2,1-2H3. The van der Waals surface area contributed by atoms with E-state index in [0.29, 0.717) is 10.5 Å². The average Bonchev–Trinajstić information content (AvgIpc) is 2.25. The molecule has 0 aliphatic heterocycles. The van der Waals surface area contributed by atoms with Crippen molar-refractivity contribution in [3.8, 4) is 0 Å². The summed E-state index contributed by atoms with van der Waals surface area (Å²) in [5.74, 6) is 0. The van der Waals surface area contributed by atoms with Crippen molar-refractivity contribution in [3.63, 3.8) is 0 Å². The van der Waals surface area contributed by atoms with Crippen molar-refractivity contribution in [1.82, 2.24) is 5.32 Å². The van der Waals surface area contributed by atoms with Crippen molar-refractivity contribution < 1.29 is 4.92 Å². The van der Waals surface area contributed by atoms with Gasteiger partial charge in [-0.1, -0.05) is 32.1 Å². The van der Waals surface area contributed by atoms with Gasteiger partial charge in [0, 0.05) is 18.7 Å². The molecular weight excluding hydrogens is 284 g/mol. The van der Waals surface area contributed by atoms with Gasteiger partial charge < -0.3 is 5.32 Å². The van der Waals surface area contributed by atoms with Gasteiger partial charge in [0.2, 0.25) is 0 Å². The predicted molar refractivity (Wildman–Crippen MR) is 73.0 cm³/mol. The summed E-state index contributed by atoms with van der Waals surface area (Å²) in [6.45, 7) is 4.89. The van der Waals surface area contributed by atoms with E-state index in [1.165, 1.54) is 0 Å². The maximum atomic E-state index is 10.7.